The van der Waals surface area contributed by atoms with Crippen LogP contribution in [0.5, 0.6) is 0 Å². The number of anilines is 1. The predicted octanol–water partition coefficient (Wildman–Crippen LogP) is 1.78. The lowest BCUT2D eigenvalue weighted by Gasteiger charge is -2.05. The van der Waals surface area contributed by atoms with Crippen LogP contribution in [0.1, 0.15) is 25.7 Å². The molecule has 0 aliphatic rings. The van der Waals surface area contributed by atoms with Crippen molar-refractivity contribution in [1.29, 1.82) is 0 Å². The van der Waals surface area contributed by atoms with Crippen LogP contribution in [0, 0.1) is 6.92 Å². The van der Waals surface area contributed by atoms with Crippen LogP contribution in [0.4, 0.5) is 5.69 Å². The maximum atomic E-state index is 12.0. The van der Waals surface area contributed by atoms with E-state index in [0.29, 0.717) is 21.8 Å². The molecule has 0 aliphatic heterocycles. The molecule has 1 amide bonds. The van der Waals surface area contributed by atoms with Crippen molar-refractivity contribution in [2.75, 3.05) is 12.4 Å². The van der Waals surface area contributed by atoms with Crippen molar-refractivity contribution in [2.24, 2.45) is 0 Å². The highest BCUT2D eigenvalue weighted by molar-refractivity contribution is 7.11. The van der Waals surface area contributed by atoms with E-state index in [0.717, 1.165) is 11.3 Å². The van der Waals surface area contributed by atoms with Gasteiger partial charge in [0.25, 0.3) is 5.91 Å². The summed E-state index contributed by atoms with van der Waals surface area (Å²) >= 11 is 0.856. The molecule has 1 aromatic carbocycles. The van der Waals surface area contributed by atoms with Gasteiger partial charge in [0.15, 0.2) is 0 Å². The van der Waals surface area contributed by atoms with Gasteiger partial charge in [-0.25, -0.2) is 4.79 Å². The molecule has 2 aromatic rings. The van der Waals surface area contributed by atoms with Gasteiger partial charge in [0.1, 0.15) is 4.88 Å². The number of esters is 1. The summed E-state index contributed by atoms with van der Waals surface area (Å²) in [7, 11) is 1.30. The maximum absolute atomic E-state index is 12.0. The Balaban J connectivity index is 2.14. The lowest BCUT2D eigenvalue weighted by atomic mass is 10.2. The van der Waals surface area contributed by atoms with Crippen molar-refractivity contribution in [2.45, 2.75) is 6.92 Å². The number of nitrogens with one attached hydrogen (secondary N) is 2. The van der Waals surface area contributed by atoms with E-state index in [4.69, 9.17) is 0 Å². The van der Waals surface area contributed by atoms with Crippen LogP contribution in [0.15, 0.2) is 29.1 Å². The van der Waals surface area contributed by atoms with Crippen LogP contribution in [0.25, 0.3) is 0 Å². The van der Waals surface area contributed by atoms with Crippen LogP contribution in [0.2, 0.25) is 0 Å². The number of methoxy groups -OCH3 is 1. The van der Waals surface area contributed by atoms with E-state index in [1.165, 1.54) is 7.11 Å². The Morgan fingerprint density at radius 2 is 1.90 bits per heavy atom. The fourth-order valence-corrected chi connectivity index (χ4v) is 2.35. The number of benzene rings is 1. The second-order valence-electron chi connectivity index (χ2n) is 3.99. The average Bonchev–Trinajstić information content (AvgIpc) is 2.78. The molecule has 0 aliphatic carbocycles. The Kier molecular flexibility index (Phi) is 3.99. The normalized spacial score (nSPS) is 10.1. The van der Waals surface area contributed by atoms with E-state index in [1.54, 1.807) is 31.2 Å². The molecule has 7 heteroatoms. The number of aryl methyl sites for hydroxylation is 1. The molecular weight excluding hydrogens is 280 g/mol. The quantitative estimate of drug-likeness (QED) is 0.844. The van der Waals surface area contributed by atoms with Gasteiger partial charge < -0.3 is 15.0 Å². The van der Waals surface area contributed by atoms with Gasteiger partial charge >= 0.3 is 10.8 Å². The Morgan fingerprint density at radius 3 is 2.40 bits per heavy atom. The second kappa shape index (κ2) is 5.70. The van der Waals surface area contributed by atoms with E-state index >= 15 is 0 Å². The SMILES string of the molecule is COC(=O)c1ccc(NC(=O)c2sc(=O)[nH]c2C)cc1. The van der Waals surface area contributed by atoms with Crippen molar-refractivity contribution in [1.82, 2.24) is 4.98 Å². The summed E-state index contributed by atoms with van der Waals surface area (Å²) in [4.78, 5) is 37.0. The summed E-state index contributed by atoms with van der Waals surface area (Å²) in [6.07, 6.45) is 0. The Hall–Kier alpha value is -2.41. The zero-order valence-electron chi connectivity index (χ0n) is 10.9. The van der Waals surface area contributed by atoms with Gasteiger partial charge in [-0.1, -0.05) is 11.3 Å². The summed E-state index contributed by atoms with van der Waals surface area (Å²) in [6, 6.07) is 6.28. The third-order valence-electron chi connectivity index (χ3n) is 2.60. The third kappa shape index (κ3) is 2.94. The molecule has 0 atom stereocenters. The lowest BCUT2D eigenvalue weighted by molar-refractivity contribution is 0.0600. The summed E-state index contributed by atoms with van der Waals surface area (Å²) in [6.45, 7) is 1.66. The molecule has 0 radical (unpaired) electrons. The van der Waals surface area contributed by atoms with E-state index < -0.39 is 5.97 Å². The highest BCUT2D eigenvalue weighted by Gasteiger charge is 2.13. The monoisotopic (exact) mass is 292 g/mol. The topological polar surface area (TPSA) is 88.3 Å². The van der Waals surface area contributed by atoms with E-state index in [-0.39, 0.29) is 10.8 Å². The number of rotatable bonds is 3. The summed E-state index contributed by atoms with van der Waals surface area (Å²) < 4.78 is 4.58. The zero-order chi connectivity index (χ0) is 14.7. The van der Waals surface area contributed by atoms with Gasteiger partial charge in [-0.05, 0) is 31.2 Å². The molecule has 104 valence electrons. The summed E-state index contributed by atoms with van der Waals surface area (Å²) in [5, 5.41) is 2.66. The first-order valence-corrected chi connectivity index (χ1v) is 6.52. The van der Waals surface area contributed by atoms with E-state index in [1.807, 2.05) is 0 Å². The predicted molar refractivity (Wildman–Crippen MR) is 75.4 cm³/mol. The molecule has 0 bridgehead atoms. The Bertz CT molecular complexity index is 700. The average molecular weight is 292 g/mol. The molecule has 0 spiro atoms. The zero-order valence-corrected chi connectivity index (χ0v) is 11.7. The molecule has 0 saturated carbocycles. The minimum Gasteiger partial charge on any atom is -0.465 e. The summed E-state index contributed by atoms with van der Waals surface area (Å²) in [5.74, 6) is -0.806. The number of carbonyl (C=O) groups excluding carboxylic acids is 2. The van der Waals surface area contributed by atoms with Gasteiger partial charge in [0.2, 0.25) is 0 Å². The largest absolute Gasteiger partial charge is 0.465 e. The molecule has 0 unspecified atom stereocenters. The highest BCUT2D eigenvalue weighted by Crippen LogP contribution is 2.14. The van der Waals surface area contributed by atoms with Crippen LogP contribution in [-0.2, 0) is 4.74 Å². The van der Waals surface area contributed by atoms with Crippen LogP contribution in [-0.4, -0.2) is 24.0 Å². The molecule has 20 heavy (non-hydrogen) atoms. The first-order valence-electron chi connectivity index (χ1n) is 5.70. The highest BCUT2D eigenvalue weighted by atomic mass is 32.1. The van der Waals surface area contributed by atoms with Crippen molar-refractivity contribution < 1.29 is 14.3 Å². The molecule has 1 heterocycles. The van der Waals surface area contributed by atoms with Crippen LogP contribution >= 0.6 is 11.3 Å². The Labute approximate surface area is 118 Å². The maximum Gasteiger partial charge on any atom is 0.337 e. The molecule has 0 saturated heterocycles. The Morgan fingerprint density at radius 1 is 1.25 bits per heavy atom. The molecule has 1 aromatic heterocycles. The molecule has 6 nitrogen and oxygen atoms in total. The van der Waals surface area contributed by atoms with Crippen LogP contribution < -0.4 is 10.2 Å². The molecule has 2 rings (SSSR count). The van der Waals surface area contributed by atoms with Gasteiger partial charge in [0, 0.05) is 11.4 Å². The minimum absolute atomic E-state index is 0.270. The number of aromatic nitrogens is 1. The number of amides is 1. The standard InChI is InChI=1S/C13H12N2O4S/c1-7-10(20-13(18)14-7)11(16)15-9-5-3-8(4-6-9)12(17)19-2/h3-6H,1-2H3,(H,14,18)(H,15,16). The molecular formula is C13H12N2O4S. The first-order chi connectivity index (χ1) is 9.51. The number of thiazole rings is 1. The van der Waals surface area contributed by atoms with Gasteiger partial charge in [-0.2, -0.15) is 0 Å². The summed E-state index contributed by atoms with van der Waals surface area (Å²) in [5.41, 5.74) is 1.46. The number of hydrogen-bond donors (Lipinski definition) is 2. The molecule has 0 fully saturated rings. The fraction of sp³-hybridized carbons (Fsp3) is 0.154. The van der Waals surface area contributed by atoms with Gasteiger partial charge in [0.05, 0.1) is 12.7 Å². The number of hydrogen-bond acceptors (Lipinski definition) is 5. The van der Waals surface area contributed by atoms with Gasteiger partial charge in [-0.15, -0.1) is 0 Å². The van der Waals surface area contributed by atoms with Crippen molar-refractivity contribution in [3.63, 3.8) is 0 Å². The van der Waals surface area contributed by atoms with Crippen molar-refractivity contribution in [3.05, 3.63) is 50.1 Å². The third-order valence-corrected chi connectivity index (χ3v) is 3.58. The second-order valence-corrected chi connectivity index (χ2v) is 4.97. The van der Waals surface area contributed by atoms with Gasteiger partial charge in [-0.3, -0.25) is 9.59 Å². The smallest absolute Gasteiger partial charge is 0.337 e. The molecule has 2 N–H and O–H groups in total. The lowest BCUT2D eigenvalue weighted by Crippen LogP contribution is -2.11. The van der Waals surface area contributed by atoms with Crippen molar-refractivity contribution in [3.8, 4) is 0 Å². The number of aromatic amines is 1. The number of H-pyrrole nitrogens is 1. The van der Waals surface area contributed by atoms with E-state index in [9.17, 15) is 14.4 Å². The number of carbonyl (C=O) groups is 2. The van der Waals surface area contributed by atoms with E-state index in [2.05, 4.69) is 15.0 Å². The first kappa shape index (κ1) is 14.0. The number of ether oxygens (including phenoxy) is 1. The fourth-order valence-electron chi connectivity index (χ4n) is 1.62. The van der Waals surface area contributed by atoms with Crippen LogP contribution in [0.3, 0.4) is 0 Å². The minimum atomic E-state index is -0.442. The van der Waals surface area contributed by atoms with Crippen molar-refractivity contribution >= 4 is 28.9 Å².